The molecule has 1 unspecified atom stereocenters. The summed E-state index contributed by atoms with van der Waals surface area (Å²) in [7, 11) is 0. The Bertz CT molecular complexity index is 321. The first-order valence-electron chi connectivity index (χ1n) is 7.05. The minimum atomic E-state index is -1.15. The van der Waals surface area contributed by atoms with Crippen molar-refractivity contribution in [3.63, 3.8) is 0 Å². The van der Waals surface area contributed by atoms with E-state index in [1.807, 2.05) is 0 Å². The SMILES string of the molecule is CCN(C(=O)CCC1CCCCO1)C(C)(C)C(=O)O. The molecule has 1 rings (SSSR count). The van der Waals surface area contributed by atoms with Gasteiger partial charge in [-0.05, 0) is 46.5 Å². The summed E-state index contributed by atoms with van der Waals surface area (Å²) in [6, 6.07) is 0. The van der Waals surface area contributed by atoms with Crippen LogP contribution in [0.15, 0.2) is 0 Å². The molecule has 0 aromatic heterocycles. The molecule has 1 saturated heterocycles. The second kappa shape index (κ2) is 6.89. The Labute approximate surface area is 114 Å². The van der Waals surface area contributed by atoms with Crippen molar-refractivity contribution in [1.29, 1.82) is 0 Å². The van der Waals surface area contributed by atoms with Gasteiger partial charge in [-0.1, -0.05) is 0 Å². The van der Waals surface area contributed by atoms with Crippen LogP contribution in [0.3, 0.4) is 0 Å². The molecule has 110 valence electrons. The molecule has 1 aliphatic heterocycles. The molecule has 0 aromatic rings. The van der Waals surface area contributed by atoms with E-state index in [-0.39, 0.29) is 12.0 Å². The summed E-state index contributed by atoms with van der Waals surface area (Å²) in [5.41, 5.74) is -1.15. The third-order valence-corrected chi connectivity index (χ3v) is 3.77. The van der Waals surface area contributed by atoms with E-state index in [0.29, 0.717) is 19.4 Å². The van der Waals surface area contributed by atoms with E-state index in [2.05, 4.69) is 0 Å². The fraction of sp³-hybridized carbons (Fsp3) is 0.857. The van der Waals surface area contributed by atoms with Crippen LogP contribution in [0.4, 0.5) is 0 Å². The van der Waals surface area contributed by atoms with Gasteiger partial charge in [-0.3, -0.25) is 4.79 Å². The van der Waals surface area contributed by atoms with Gasteiger partial charge < -0.3 is 14.7 Å². The number of hydrogen-bond acceptors (Lipinski definition) is 3. The average molecular weight is 271 g/mol. The minimum absolute atomic E-state index is 0.107. The molecular weight excluding hydrogens is 246 g/mol. The molecule has 0 bridgehead atoms. The Balaban J connectivity index is 2.52. The number of amides is 1. The monoisotopic (exact) mass is 271 g/mol. The highest BCUT2D eigenvalue weighted by Gasteiger charge is 2.36. The van der Waals surface area contributed by atoms with Crippen molar-refractivity contribution in [2.75, 3.05) is 13.2 Å². The number of carboxylic acid groups (broad SMARTS) is 1. The molecule has 1 atom stereocenters. The standard InChI is InChI=1S/C14H25NO4/c1-4-15(14(2,3)13(17)18)12(16)9-8-11-7-5-6-10-19-11/h11H,4-10H2,1-3H3,(H,17,18). The van der Waals surface area contributed by atoms with Crippen molar-refractivity contribution in [1.82, 2.24) is 4.90 Å². The molecule has 0 radical (unpaired) electrons. The average Bonchev–Trinajstić information content (AvgIpc) is 2.38. The predicted molar refractivity (Wildman–Crippen MR) is 71.9 cm³/mol. The maximum absolute atomic E-state index is 12.2. The van der Waals surface area contributed by atoms with Crippen LogP contribution in [0.2, 0.25) is 0 Å². The lowest BCUT2D eigenvalue weighted by atomic mass is 10.0. The van der Waals surface area contributed by atoms with Crippen molar-refractivity contribution >= 4 is 11.9 Å². The molecule has 1 fully saturated rings. The van der Waals surface area contributed by atoms with E-state index in [0.717, 1.165) is 25.9 Å². The van der Waals surface area contributed by atoms with Crippen LogP contribution in [0, 0.1) is 0 Å². The van der Waals surface area contributed by atoms with Gasteiger partial charge in [0.1, 0.15) is 5.54 Å². The lowest BCUT2D eigenvalue weighted by molar-refractivity contribution is -0.157. The molecule has 1 heterocycles. The Morgan fingerprint density at radius 3 is 2.53 bits per heavy atom. The predicted octanol–water partition coefficient (Wildman–Crippen LogP) is 2.05. The van der Waals surface area contributed by atoms with Crippen LogP contribution < -0.4 is 0 Å². The van der Waals surface area contributed by atoms with Crippen LogP contribution >= 0.6 is 0 Å². The first-order chi connectivity index (χ1) is 8.89. The summed E-state index contributed by atoms with van der Waals surface area (Å²) in [5.74, 6) is -1.08. The van der Waals surface area contributed by atoms with Crippen molar-refractivity contribution in [3.8, 4) is 0 Å². The number of hydrogen-bond donors (Lipinski definition) is 1. The largest absolute Gasteiger partial charge is 0.480 e. The van der Waals surface area contributed by atoms with Crippen LogP contribution in [-0.2, 0) is 14.3 Å². The van der Waals surface area contributed by atoms with Crippen molar-refractivity contribution < 1.29 is 19.4 Å². The Morgan fingerprint density at radius 1 is 1.37 bits per heavy atom. The zero-order chi connectivity index (χ0) is 14.5. The van der Waals surface area contributed by atoms with Gasteiger partial charge in [0, 0.05) is 19.6 Å². The Kier molecular flexibility index (Phi) is 5.79. The Hall–Kier alpha value is -1.10. The van der Waals surface area contributed by atoms with Gasteiger partial charge in [0.25, 0.3) is 0 Å². The quantitative estimate of drug-likeness (QED) is 0.803. The summed E-state index contributed by atoms with van der Waals surface area (Å²) in [5, 5.41) is 9.19. The van der Waals surface area contributed by atoms with E-state index in [4.69, 9.17) is 4.74 Å². The van der Waals surface area contributed by atoms with Crippen LogP contribution in [0.25, 0.3) is 0 Å². The molecule has 19 heavy (non-hydrogen) atoms. The molecule has 0 aliphatic carbocycles. The molecular formula is C14H25NO4. The van der Waals surface area contributed by atoms with Crippen molar-refractivity contribution in [2.24, 2.45) is 0 Å². The van der Waals surface area contributed by atoms with Gasteiger partial charge >= 0.3 is 5.97 Å². The molecule has 5 heteroatoms. The second-order valence-corrected chi connectivity index (χ2v) is 5.53. The number of rotatable bonds is 6. The molecule has 5 nitrogen and oxygen atoms in total. The lowest BCUT2D eigenvalue weighted by Gasteiger charge is -2.34. The van der Waals surface area contributed by atoms with Gasteiger partial charge in [-0.25, -0.2) is 4.79 Å². The molecule has 1 aliphatic rings. The summed E-state index contributed by atoms with van der Waals surface area (Å²) in [6.07, 6.45) is 4.45. The Morgan fingerprint density at radius 2 is 2.05 bits per heavy atom. The van der Waals surface area contributed by atoms with Crippen molar-refractivity contribution in [2.45, 2.75) is 64.5 Å². The number of aliphatic carboxylic acids is 1. The molecule has 0 spiro atoms. The fourth-order valence-corrected chi connectivity index (χ4v) is 2.45. The highest BCUT2D eigenvalue weighted by molar-refractivity contribution is 5.86. The number of carboxylic acids is 1. The third kappa shape index (κ3) is 4.20. The van der Waals surface area contributed by atoms with Crippen molar-refractivity contribution in [3.05, 3.63) is 0 Å². The summed E-state index contributed by atoms with van der Waals surface area (Å²) in [4.78, 5) is 24.8. The number of ether oxygens (including phenoxy) is 1. The van der Waals surface area contributed by atoms with E-state index in [1.165, 1.54) is 4.90 Å². The van der Waals surface area contributed by atoms with Crippen LogP contribution in [-0.4, -0.2) is 46.7 Å². The van der Waals surface area contributed by atoms with Crippen LogP contribution in [0.1, 0.15) is 52.9 Å². The van der Waals surface area contributed by atoms with E-state index in [9.17, 15) is 14.7 Å². The van der Waals surface area contributed by atoms with Gasteiger partial charge in [0.15, 0.2) is 0 Å². The first kappa shape index (κ1) is 16.0. The first-order valence-corrected chi connectivity index (χ1v) is 7.05. The van der Waals surface area contributed by atoms with Gasteiger partial charge in [0.05, 0.1) is 6.10 Å². The fourth-order valence-electron chi connectivity index (χ4n) is 2.45. The number of carbonyl (C=O) groups is 2. The lowest BCUT2D eigenvalue weighted by Crippen LogP contribution is -2.53. The topological polar surface area (TPSA) is 66.8 Å². The molecule has 1 N–H and O–H groups in total. The second-order valence-electron chi connectivity index (χ2n) is 5.53. The normalized spacial score (nSPS) is 20.1. The minimum Gasteiger partial charge on any atom is -0.480 e. The maximum Gasteiger partial charge on any atom is 0.329 e. The zero-order valence-corrected chi connectivity index (χ0v) is 12.1. The van der Waals surface area contributed by atoms with E-state index in [1.54, 1.807) is 20.8 Å². The summed E-state index contributed by atoms with van der Waals surface area (Å²) < 4.78 is 5.59. The summed E-state index contributed by atoms with van der Waals surface area (Å²) in [6.45, 7) is 6.11. The summed E-state index contributed by atoms with van der Waals surface area (Å²) >= 11 is 0. The molecule has 0 saturated carbocycles. The van der Waals surface area contributed by atoms with E-state index < -0.39 is 11.5 Å². The van der Waals surface area contributed by atoms with Gasteiger partial charge in [-0.15, -0.1) is 0 Å². The zero-order valence-electron chi connectivity index (χ0n) is 12.1. The third-order valence-electron chi connectivity index (χ3n) is 3.77. The highest BCUT2D eigenvalue weighted by Crippen LogP contribution is 2.20. The molecule has 1 amide bonds. The highest BCUT2D eigenvalue weighted by atomic mass is 16.5. The smallest absolute Gasteiger partial charge is 0.329 e. The van der Waals surface area contributed by atoms with Gasteiger partial charge in [0.2, 0.25) is 5.91 Å². The molecule has 0 aromatic carbocycles. The number of likely N-dealkylation sites (N-methyl/N-ethyl adjacent to an activating group) is 1. The number of carbonyl (C=O) groups excluding carboxylic acids is 1. The van der Waals surface area contributed by atoms with E-state index >= 15 is 0 Å². The van der Waals surface area contributed by atoms with Crippen LogP contribution in [0.5, 0.6) is 0 Å². The maximum atomic E-state index is 12.2. The number of nitrogens with zero attached hydrogens (tertiary/aromatic N) is 1. The van der Waals surface area contributed by atoms with Gasteiger partial charge in [-0.2, -0.15) is 0 Å².